The van der Waals surface area contributed by atoms with Crippen LogP contribution in [0.2, 0.25) is 0 Å². The number of aliphatic hydroxyl groups excluding tert-OH is 1. The molecule has 148 valence electrons. The van der Waals surface area contributed by atoms with Crippen LogP contribution in [0, 0.1) is 5.92 Å². The SMILES string of the molecule is O=C(NOC[C@@H]1C[C@@H](CO)CN1)[C@@H]1CC[C@@H]2CN1C(=O)N2OS(=O)(=O)O. The summed E-state index contributed by atoms with van der Waals surface area (Å²) in [6, 6.07) is -2.13. The molecule has 3 saturated heterocycles. The lowest BCUT2D eigenvalue weighted by Gasteiger charge is -2.29. The Morgan fingerprint density at radius 3 is 2.81 bits per heavy atom. The average molecular weight is 394 g/mol. The van der Waals surface area contributed by atoms with Crippen LogP contribution in [0.5, 0.6) is 0 Å². The molecule has 0 aromatic carbocycles. The van der Waals surface area contributed by atoms with Crippen LogP contribution in [-0.4, -0.2) is 84.4 Å². The van der Waals surface area contributed by atoms with Gasteiger partial charge in [-0.3, -0.25) is 14.2 Å². The van der Waals surface area contributed by atoms with E-state index in [1.807, 2.05) is 0 Å². The molecule has 26 heavy (non-hydrogen) atoms. The number of urea groups is 1. The number of rotatable bonds is 7. The van der Waals surface area contributed by atoms with E-state index in [1.54, 1.807) is 0 Å². The molecule has 2 bridgehead atoms. The van der Waals surface area contributed by atoms with Crippen molar-refractivity contribution in [2.45, 2.75) is 37.4 Å². The molecule has 3 aliphatic rings. The third-order valence-corrected chi connectivity index (χ3v) is 5.18. The van der Waals surface area contributed by atoms with Crippen LogP contribution in [0.15, 0.2) is 0 Å². The number of amides is 3. The summed E-state index contributed by atoms with van der Waals surface area (Å²) in [5.41, 5.74) is 2.32. The molecular formula is C13H22N4O8S. The van der Waals surface area contributed by atoms with Gasteiger partial charge in [-0.1, -0.05) is 0 Å². The molecule has 0 aliphatic carbocycles. The highest BCUT2D eigenvalue weighted by Crippen LogP contribution is 2.30. The van der Waals surface area contributed by atoms with Crippen molar-refractivity contribution < 1.29 is 36.8 Å². The fourth-order valence-electron chi connectivity index (χ4n) is 3.55. The zero-order valence-corrected chi connectivity index (χ0v) is 14.7. The van der Waals surface area contributed by atoms with Gasteiger partial charge in [0.2, 0.25) is 0 Å². The maximum Gasteiger partial charge on any atom is 0.418 e. The van der Waals surface area contributed by atoms with E-state index in [9.17, 15) is 18.0 Å². The standard InChI is InChI=1S/C13H22N4O8S/c18-6-8-3-9(14-4-8)7-24-15-12(19)11-2-1-10-5-16(11)13(20)17(10)25-26(21,22)23/h8-11,14,18H,1-7H2,(H,15,19)(H,21,22,23)/t8-,9+,10-,11+/m1/s1. The first-order valence-corrected chi connectivity index (χ1v) is 9.67. The van der Waals surface area contributed by atoms with Gasteiger partial charge in [0.25, 0.3) is 5.91 Å². The number of hydroxylamine groups is 3. The van der Waals surface area contributed by atoms with E-state index < -0.39 is 34.4 Å². The fraction of sp³-hybridized carbons (Fsp3) is 0.846. The van der Waals surface area contributed by atoms with Crippen molar-refractivity contribution in [3.8, 4) is 0 Å². The Kier molecular flexibility index (Phi) is 5.64. The third kappa shape index (κ3) is 4.24. The summed E-state index contributed by atoms with van der Waals surface area (Å²) >= 11 is 0. The van der Waals surface area contributed by atoms with Gasteiger partial charge in [-0.2, -0.15) is 13.5 Å². The average Bonchev–Trinajstić information content (AvgIpc) is 3.13. The van der Waals surface area contributed by atoms with Crippen molar-refractivity contribution in [2.75, 3.05) is 26.3 Å². The summed E-state index contributed by atoms with van der Waals surface area (Å²) in [6.45, 7) is 1.13. The molecule has 0 aromatic heterocycles. The molecule has 3 fully saturated rings. The number of aliphatic hydroxyl groups is 1. The number of nitrogens with zero attached hydrogens (tertiary/aromatic N) is 2. The first kappa shape index (κ1) is 19.3. The van der Waals surface area contributed by atoms with Crippen LogP contribution in [0.4, 0.5) is 4.79 Å². The van der Waals surface area contributed by atoms with Gasteiger partial charge in [0, 0.05) is 25.7 Å². The highest BCUT2D eigenvalue weighted by molar-refractivity contribution is 7.80. The molecule has 0 unspecified atom stereocenters. The van der Waals surface area contributed by atoms with E-state index in [0.717, 1.165) is 6.42 Å². The number of carbonyl (C=O) groups excluding carboxylic acids is 2. The smallest absolute Gasteiger partial charge is 0.396 e. The zero-order valence-electron chi connectivity index (χ0n) is 13.9. The van der Waals surface area contributed by atoms with Crippen molar-refractivity contribution in [3.63, 3.8) is 0 Å². The zero-order chi connectivity index (χ0) is 18.9. The topological polar surface area (TPSA) is 158 Å². The van der Waals surface area contributed by atoms with Gasteiger partial charge >= 0.3 is 16.4 Å². The van der Waals surface area contributed by atoms with Crippen LogP contribution in [-0.2, 0) is 24.3 Å². The Morgan fingerprint density at radius 1 is 1.38 bits per heavy atom. The minimum atomic E-state index is -4.82. The Hall–Kier alpha value is -1.51. The molecule has 3 aliphatic heterocycles. The van der Waals surface area contributed by atoms with Gasteiger partial charge in [0.1, 0.15) is 6.04 Å². The molecule has 4 N–H and O–H groups in total. The molecule has 12 nitrogen and oxygen atoms in total. The molecular weight excluding hydrogens is 372 g/mol. The van der Waals surface area contributed by atoms with E-state index in [1.165, 1.54) is 4.90 Å². The summed E-state index contributed by atoms with van der Waals surface area (Å²) in [5, 5.41) is 12.8. The predicted octanol–water partition coefficient (Wildman–Crippen LogP) is -1.99. The van der Waals surface area contributed by atoms with Crippen molar-refractivity contribution in [2.24, 2.45) is 5.92 Å². The number of piperidine rings is 1. The third-order valence-electron chi connectivity index (χ3n) is 4.83. The number of fused-ring (bicyclic) bond motifs is 2. The second kappa shape index (κ2) is 7.62. The first-order chi connectivity index (χ1) is 12.3. The normalized spacial score (nSPS) is 31.5. The van der Waals surface area contributed by atoms with Gasteiger partial charge < -0.3 is 15.3 Å². The molecule has 3 heterocycles. The minimum absolute atomic E-state index is 0.0234. The summed E-state index contributed by atoms with van der Waals surface area (Å²) < 4.78 is 34.8. The molecule has 13 heteroatoms. The van der Waals surface area contributed by atoms with E-state index in [0.29, 0.717) is 24.4 Å². The molecule has 0 aromatic rings. The lowest BCUT2D eigenvalue weighted by Crippen LogP contribution is -2.50. The highest BCUT2D eigenvalue weighted by atomic mass is 32.3. The molecule has 0 radical (unpaired) electrons. The molecule has 3 rings (SSSR count). The van der Waals surface area contributed by atoms with Crippen molar-refractivity contribution >= 4 is 22.3 Å². The van der Waals surface area contributed by atoms with Gasteiger partial charge in [-0.25, -0.2) is 10.3 Å². The number of hydrogen-bond donors (Lipinski definition) is 4. The van der Waals surface area contributed by atoms with Crippen LogP contribution < -0.4 is 10.8 Å². The minimum Gasteiger partial charge on any atom is -0.396 e. The van der Waals surface area contributed by atoms with E-state index in [2.05, 4.69) is 15.1 Å². The van der Waals surface area contributed by atoms with Crippen molar-refractivity contribution in [1.29, 1.82) is 0 Å². The molecule has 4 atom stereocenters. The Labute approximate surface area is 150 Å². The second-order valence-electron chi connectivity index (χ2n) is 6.68. The summed E-state index contributed by atoms with van der Waals surface area (Å²) in [5.74, 6) is -0.340. The number of hydrogen-bond acceptors (Lipinski definition) is 8. The monoisotopic (exact) mass is 394 g/mol. The van der Waals surface area contributed by atoms with E-state index >= 15 is 0 Å². The molecule has 3 amide bonds. The van der Waals surface area contributed by atoms with Crippen LogP contribution >= 0.6 is 0 Å². The van der Waals surface area contributed by atoms with Crippen LogP contribution in [0.1, 0.15) is 19.3 Å². The lowest BCUT2D eigenvalue weighted by atomic mass is 10.0. The molecule has 0 spiro atoms. The van der Waals surface area contributed by atoms with Gasteiger partial charge in [-0.05, 0) is 25.2 Å². The number of carbonyl (C=O) groups is 2. The lowest BCUT2D eigenvalue weighted by molar-refractivity contribution is -0.139. The Balaban J connectivity index is 1.49. The van der Waals surface area contributed by atoms with Crippen LogP contribution in [0.25, 0.3) is 0 Å². The van der Waals surface area contributed by atoms with E-state index in [-0.39, 0.29) is 31.7 Å². The highest BCUT2D eigenvalue weighted by Gasteiger charge is 2.49. The maximum atomic E-state index is 12.3. The van der Waals surface area contributed by atoms with Gasteiger partial charge in [0.15, 0.2) is 0 Å². The summed E-state index contributed by atoms with van der Waals surface area (Å²) in [4.78, 5) is 30.9. The summed E-state index contributed by atoms with van der Waals surface area (Å²) in [6.07, 6.45) is 1.40. The maximum absolute atomic E-state index is 12.3. The van der Waals surface area contributed by atoms with Crippen molar-refractivity contribution in [1.82, 2.24) is 20.8 Å². The van der Waals surface area contributed by atoms with E-state index in [4.69, 9.17) is 14.5 Å². The molecule has 0 saturated carbocycles. The Bertz CT molecular complexity index is 659. The first-order valence-electron chi connectivity index (χ1n) is 8.31. The quantitative estimate of drug-likeness (QED) is 0.283. The van der Waals surface area contributed by atoms with Crippen LogP contribution in [0.3, 0.4) is 0 Å². The number of nitrogens with one attached hydrogen (secondary N) is 2. The summed E-state index contributed by atoms with van der Waals surface area (Å²) in [7, 11) is -4.82. The Morgan fingerprint density at radius 2 is 2.15 bits per heavy atom. The van der Waals surface area contributed by atoms with Gasteiger partial charge in [0.05, 0.1) is 12.6 Å². The largest absolute Gasteiger partial charge is 0.418 e. The fourth-order valence-corrected chi connectivity index (χ4v) is 3.94. The van der Waals surface area contributed by atoms with Crippen molar-refractivity contribution in [3.05, 3.63) is 0 Å². The predicted molar refractivity (Wildman–Crippen MR) is 84.5 cm³/mol. The second-order valence-corrected chi connectivity index (χ2v) is 7.68. The van der Waals surface area contributed by atoms with Gasteiger partial charge in [-0.15, -0.1) is 4.28 Å².